The van der Waals surface area contributed by atoms with Crippen LogP contribution in [0.25, 0.3) is 10.6 Å². The second-order valence-electron chi connectivity index (χ2n) is 6.75. The van der Waals surface area contributed by atoms with Crippen molar-refractivity contribution in [2.75, 3.05) is 57.3 Å². The first-order chi connectivity index (χ1) is 14.8. The van der Waals surface area contributed by atoms with Crippen molar-refractivity contribution >= 4 is 23.0 Å². The average Bonchev–Trinajstić information content (AvgIpc) is 3.28. The van der Waals surface area contributed by atoms with Crippen LogP contribution in [-0.2, 0) is 11.2 Å². The monoisotopic (exact) mass is 427 g/mol. The van der Waals surface area contributed by atoms with Crippen LogP contribution >= 0.6 is 11.3 Å². The number of nitrogens with one attached hydrogen (secondary N) is 1. The lowest BCUT2D eigenvalue weighted by atomic mass is 10.2. The van der Waals surface area contributed by atoms with Gasteiger partial charge < -0.3 is 24.4 Å². The second kappa shape index (κ2) is 9.73. The Bertz CT molecular complexity index is 975. The predicted octanol–water partition coefficient (Wildman–Crippen LogP) is 3.11. The molecule has 30 heavy (non-hydrogen) atoms. The Morgan fingerprint density at radius 1 is 1.10 bits per heavy atom. The van der Waals surface area contributed by atoms with Crippen LogP contribution in [0, 0.1) is 0 Å². The number of nitrogens with zero attached hydrogens (tertiary/aromatic N) is 4. The minimum Gasteiger partial charge on any atom is -0.493 e. The number of ether oxygens (including phenoxy) is 3. The molecule has 0 atom stereocenters. The van der Waals surface area contributed by atoms with Crippen LogP contribution < -0.4 is 19.7 Å². The van der Waals surface area contributed by atoms with E-state index in [1.807, 2.05) is 24.3 Å². The molecule has 158 valence electrons. The lowest BCUT2D eigenvalue weighted by Crippen LogP contribution is -2.36. The highest BCUT2D eigenvalue weighted by atomic mass is 32.1. The maximum atomic E-state index is 5.40. The number of rotatable bonds is 8. The molecule has 0 saturated carbocycles. The molecule has 9 heteroatoms. The van der Waals surface area contributed by atoms with Crippen LogP contribution in [0.2, 0.25) is 0 Å². The van der Waals surface area contributed by atoms with E-state index >= 15 is 0 Å². The van der Waals surface area contributed by atoms with Crippen molar-refractivity contribution in [2.24, 2.45) is 0 Å². The molecule has 3 heterocycles. The van der Waals surface area contributed by atoms with Gasteiger partial charge in [0.1, 0.15) is 23.0 Å². The van der Waals surface area contributed by atoms with Gasteiger partial charge in [-0.15, -0.1) is 11.3 Å². The smallest absolute Gasteiger partial charge is 0.161 e. The fraction of sp³-hybridized carbons (Fsp3) is 0.381. The summed E-state index contributed by atoms with van der Waals surface area (Å²) in [5.74, 6) is 3.17. The van der Waals surface area contributed by atoms with Crippen molar-refractivity contribution < 1.29 is 14.2 Å². The molecule has 0 amide bonds. The summed E-state index contributed by atoms with van der Waals surface area (Å²) in [5, 5.41) is 6.42. The van der Waals surface area contributed by atoms with Gasteiger partial charge in [-0.1, -0.05) is 0 Å². The van der Waals surface area contributed by atoms with Gasteiger partial charge >= 0.3 is 0 Å². The Hall–Kier alpha value is -2.91. The highest BCUT2D eigenvalue weighted by Crippen LogP contribution is 2.33. The second-order valence-corrected chi connectivity index (χ2v) is 7.61. The molecule has 1 N–H and O–H groups in total. The molecule has 0 radical (unpaired) electrons. The lowest BCUT2D eigenvalue weighted by Gasteiger charge is -2.27. The average molecular weight is 428 g/mol. The number of methoxy groups -OCH3 is 2. The van der Waals surface area contributed by atoms with E-state index in [-0.39, 0.29) is 0 Å². The lowest BCUT2D eigenvalue weighted by molar-refractivity contribution is 0.122. The highest BCUT2D eigenvalue weighted by Gasteiger charge is 2.13. The SMILES string of the molecule is COc1ccc(-c2nc(CCNc3cc(N4CCOCC4)ncn3)cs2)cc1OC. The largest absolute Gasteiger partial charge is 0.493 e. The zero-order valence-corrected chi connectivity index (χ0v) is 17.9. The molecule has 0 unspecified atom stereocenters. The van der Waals surface area contributed by atoms with E-state index in [1.165, 1.54) is 0 Å². The Labute approximate surface area is 179 Å². The minimum atomic E-state index is 0.702. The molecule has 1 saturated heterocycles. The normalized spacial score (nSPS) is 13.9. The van der Waals surface area contributed by atoms with Crippen molar-refractivity contribution in [2.45, 2.75) is 6.42 Å². The zero-order chi connectivity index (χ0) is 20.8. The van der Waals surface area contributed by atoms with Crippen LogP contribution in [0.5, 0.6) is 11.5 Å². The summed E-state index contributed by atoms with van der Waals surface area (Å²) in [6.07, 6.45) is 2.41. The molecule has 1 aliphatic rings. The van der Waals surface area contributed by atoms with Crippen LogP contribution in [0.15, 0.2) is 36.0 Å². The maximum absolute atomic E-state index is 5.40. The highest BCUT2D eigenvalue weighted by molar-refractivity contribution is 7.13. The summed E-state index contributed by atoms with van der Waals surface area (Å²) < 4.78 is 16.1. The van der Waals surface area contributed by atoms with Gasteiger partial charge in [0.15, 0.2) is 11.5 Å². The Morgan fingerprint density at radius 3 is 2.73 bits per heavy atom. The van der Waals surface area contributed by atoms with Gasteiger partial charge in [-0.05, 0) is 18.2 Å². The number of morpholine rings is 1. The Morgan fingerprint density at radius 2 is 1.93 bits per heavy atom. The van der Waals surface area contributed by atoms with Gasteiger partial charge in [-0.3, -0.25) is 0 Å². The first kappa shape index (κ1) is 20.4. The van der Waals surface area contributed by atoms with E-state index in [9.17, 15) is 0 Å². The third-order valence-corrected chi connectivity index (χ3v) is 5.80. The summed E-state index contributed by atoms with van der Waals surface area (Å²) in [6, 6.07) is 7.84. The first-order valence-electron chi connectivity index (χ1n) is 9.82. The Kier molecular flexibility index (Phi) is 6.60. The fourth-order valence-electron chi connectivity index (χ4n) is 3.25. The molecular formula is C21H25N5O3S. The number of anilines is 2. The standard InChI is InChI=1S/C21H25N5O3S/c1-27-17-4-3-15(11-18(17)28-2)21-25-16(13-30-21)5-6-22-19-12-20(24-14-23-19)26-7-9-29-10-8-26/h3-4,11-14H,5-10H2,1-2H3,(H,22,23,24). The molecule has 4 rings (SSSR count). The van der Waals surface area contributed by atoms with E-state index in [2.05, 4.69) is 25.6 Å². The van der Waals surface area contributed by atoms with Gasteiger partial charge in [0, 0.05) is 43.1 Å². The third-order valence-electron chi connectivity index (χ3n) is 4.86. The third kappa shape index (κ3) is 4.80. The number of aromatic nitrogens is 3. The fourth-order valence-corrected chi connectivity index (χ4v) is 4.10. The van der Waals surface area contributed by atoms with Gasteiger partial charge in [0.05, 0.1) is 33.1 Å². The molecule has 0 bridgehead atoms. The molecular weight excluding hydrogens is 402 g/mol. The summed E-state index contributed by atoms with van der Waals surface area (Å²) >= 11 is 1.62. The van der Waals surface area contributed by atoms with Crippen molar-refractivity contribution in [1.82, 2.24) is 15.0 Å². The maximum Gasteiger partial charge on any atom is 0.161 e. The molecule has 2 aromatic heterocycles. The summed E-state index contributed by atoms with van der Waals surface area (Å²) in [5.41, 5.74) is 2.06. The number of hydrogen-bond donors (Lipinski definition) is 1. The van der Waals surface area contributed by atoms with E-state index in [4.69, 9.17) is 19.2 Å². The molecule has 3 aromatic rings. The van der Waals surface area contributed by atoms with E-state index in [0.29, 0.717) is 11.5 Å². The zero-order valence-electron chi connectivity index (χ0n) is 17.1. The number of thiazole rings is 1. The Balaban J connectivity index is 1.35. The van der Waals surface area contributed by atoms with Crippen molar-refractivity contribution in [3.63, 3.8) is 0 Å². The minimum absolute atomic E-state index is 0.702. The van der Waals surface area contributed by atoms with E-state index in [1.54, 1.807) is 31.9 Å². The van der Waals surface area contributed by atoms with Gasteiger partial charge in [-0.25, -0.2) is 15.0 Å². The molecule has 8 nitrogen and oxygen atoms in total. The molecule has 1 aromatic carbocycles. The van der Waals surface area contributed by atoms with Gasteiger partial charge in [0.2, 0.25) is 0 Å². The van der Waals surface area contributed by atoms with Crippen molar-refractivity contribution in [3.05, 3.63) is 41.7 Å². The summed E-state index contributed by atoms with van der Waals surface area (Å²) in [6.45, 7) is 3.93. The molecule has 1 fully saturated rings. The van der Waals surface area contributed by atoms with E-state index < -0.39 is 0 Å². The van der Waals surface area contributed by atoms with E-state index in [0.717, 1.165) is 67.2 Å². The quantitative estimate of drug-likeness (QED) is 0.587. The van der Waals surface area contributed by atoms with Crippen LogP contribution in [-0.4, -0.2) is 62.0 Å². The molecule has 1 aliphatic heterocycles. The topological polar surface area (TPSA) is 81.6 Å². The van der Waals surface area contributed by atoms with Crippen LogP contribution in [0.1, 0.15) is 5.69 Å². The first-order valence-corrected chi connectivity index (χ1v) is 10.7. The van der Waals surface area contributed by atoms with Crippen LogP contribution in [0.4, 0.5) is 11.6 Å². The molecule has 0 aliphatic carbocycles. The number of benzene rings is 1. The van der Waals surface area contributed by atoms with Crippen molar-refractivity contribution in [3.8, 4) is 22.1 Å². The number of hydrogen-bond acceptors (Lipinski definition) is 9. The summed E-state index contributed by atoms with van der Waals surface area (Å²) in [7, 11) is 3.27. The van der Waals surface area contributed by atoms with Crippen LogP contribution in [0.3, 0.4) is 0 Å². The summed E-state index contributed by atoms with van der Waals surface area (Å²) in [4.78, 5) is 15.7. The predicted molar refractivity (Wildman–Crippen MR) is 118 cm³/mol. The van der Waals surface area contributed by atoms with Crippen molar-refractivity contribution in [1.29, 1.82) is 0 Å². The molecule has 0 spiro atoms. The van der Waals surface area contributed by atoms with Gasteiger partial charge in [0.25, 0.3) is 0 Å². The van der Waals surface area contributed by atoms with Gasteiger partial charge in [-0.2, -0.15) is 0 Å².